The molecule has 0 spiro atoms. The first-order chi connectivity index (χ1) is 11.9. The van der Waals surface area contributed by atoms with Crippen molar-refractivity contribution in [3.63, 3.8) is 0 Å². The monoisotopic (exact) mass is 368 g/mol. The highest BCUT2D eigenvalue weighted by molar-refractivity contribution is 6.31. The summed E-state index contributed by atoms with van der Waals surface area (Å²) < 4.78 is 10.6. The second-order valence-electron chi connectivity index (χ2n) is 5.72. The summed E-state index contributed by atoms with van der Waals surface area (Å²) in [6.45, 7) is 4.37. The van der Waals surface area contributed by atoms with E-state index >= 15 is 0 Å². The molecule has 0 aromatic heterocycles. The highest BCUT2D eigenvalue weighted by Gasteiger charge is 2.31. The first-order valence-corrected chi connectivity index (χ1v) is 8.44. The van der Waals surface area contributed by atoms with Crippen LogP contribution in [0.15, 0.2) is 18.2 Å². The van der Waals surface area contributed by atoms with E-state index in [1.807, 2.05) is 13.0 Å². The second kappa shape index (κ2) is 8.71. The summed E-state index contributed by atoms with van der Waals surface area (Å²) in [5.41, 5.74) is 0.914. The second-order valence-corrected chi connectivity index (χ2v) is 6.12. The molecule has 0 aliphatic carbocycles. The summed E-state index contributed by atoms with van der Waals surface area (Å²) in [7, 11) is 0. The van der Waals surface area contributed by atoms with Crippen molar-refractivity contribution in [1.29, 1.82) is 0 Å². The SMILES string of the molecule is Cc1cc(OCCCC(=O)OC(C)C(=O)N2CCNC2=O)ccc1Cl. The number of benzene rings is 1. The Morgan fingerprint density at radius 2 is 2.16 bits per heavy atom. The topological polar surface area (TPSA) is 84.9 Å². The van der Waals surface area contributed by atoms with Crippen molar-refractivity contribution < 1.29 is 23.9 Å². The fraction of sp³-hybridized carbons (Fsp3) is 0.471. The molecule has 1 aliphatic rings. The molecule has 1 aromatic rings. The molecule has 0 saturated carbocycles. The first kappa shape index (κ1) is 19.1. The predicted molar refractivity (Wildman–Crippen MR) is 91.6 cm³/mol. The molecule has 1 unspecified atom stereocenters. The van der Waals surface area contributed by atoms with Crippen LogP contribution in [0.2, 0.25) is 5.02 Å². The summed E-state index contributed by atoms with van der Waals surface area (Å²) in [5, 5.41) is 3.19. The number of urea groups is 1. The number of ether oxygens (including phenoxy) is 2. The lowest BCUT2D eigenvalue weighted by molar-refractivity contribution is -0.157. The lowest BCUT2D eigenvalue weighted by Gasteiger charge is -2.18. The van der Waals surface area contributed by atoms with Crippen LogP contribution in [0.5, 0.6) is 5.75 Å². The van der Waals surface area contributed by atoms with Gasteiger partial charge in [0.05, 0.1) is 6.61 Å². The Balaban J connectivity index is 1.68. The minimum absolute atomic E-state index is 0.121. The van der Waals surface area contributed by atoms with E-state index < -0.39 is 24.0 Å². The number of nitrogens with one attached hydrogen (secondary N) is 1. The molecule has 1 heterocycles. The molecule has 1 aromatic carbocycles. The van der Waals surface area contributed by atoms with Gasteiger partial charge in [0.25, 0.3) is 5.91 Å². The zero-order chi connectivity index (χ0) is 18.4. The maximum atomic E-state index is 12.0. The van der Waals surface area contributed by atoms with Crippen LogP contribution in [0.4, 0.5) is 4.79 Å². The highest BCUT2D eigenvalue weighted by Crippen LogP contribution is 2.21. The van der Waals surface area contributed by atoms with Crippen molar-refractivity contribution in [3.05, 3.63) is 28.8 Å². The molecule has 7 nitrogen and oxygen atoms in total. The van der Waals surface area contributed by atoms with Crippen LogP contribution in [0, 0.1) is 6.92 Å². The number of carbonyl (C=O) groups is 3. The smallest absolute Gasteiger partial charge is 0.324 e. The average Bonchev–Trinajstić information content (AvgIpc) is 3.00. The molecule has 2 rings (SSSR count). The third-order valence-electron chi connectivity index (χ3n) is 3.70. The lowest BCUT2D eigenvalue weighted by atomic mass is 10.2. The molecular weight excluding hydrogens is 348 g/mol. The summed E-state index contributed by atoms with van der Waals surface area (Å²) in [6.07, 6.45) is -0.418. The van der Waals surface area contributed by atoms with E-state index in [0.29, 0.717) is 30.3 Å². The maximum Gasteiger partial charge on any atom is 0.324 e. The van der Waals surface area contributed by atoms with Gasteiger partial charge >= 0.3 is 12.0 Å². The number of hydrogen-bond donors (Lipinski definition) is 1. The highest BCUT2D eigenvalue weighted by atomic mass is 35.5. The van der Waals surface area contributed by atoms with Crippen LogP contribution < -0.4 is 10.1 Å². The lowest BCUT2D eigenvalue weighted by Crippen LogP contribution is -2.41. The fourth-order valence-corrected chi connectivity index (χ4v) is 2.44. The average molecular weight is 369 g/mol. The predicted octanol–water partition coefficient (Wildman–Crippen LogP) is 2.29. The standard InChI is InChI=1S/C17H21ClN2O5/c1-11-10-13(5-6-14(11)18)24-9-3-4-15(21)25-12(2)16(22)20-8-7-19-17(20)23/h5-6,10,12H,3-4,7-9H2,1-2H3,(H,19,23). The van der Waals surface area contributed by atoms with Gasteiger partial charge in [0.15, 0.2) is 6.10 Å². The Morgan fingerprint density at radius 3 is 2.80 bits per heavy atom. The van der Waals surface area contributed by atoms with Gasteiger partial charge in [-0.25, -0.2) is 4.79 Å². The van der Waals surface area contributed by atoms with Gasteiger partial charge in [0.1, 0.15) is 5.75 Å². The Bertz CT molecular complexity index is 664. The van der Waals surface area contributed by atoms with Crippen LogP contribution in [0.1, 0.15) is 25.3 Å². The van der Waals surface area contributed by atoms with Crippen LogP contribution >= 0.6 is 11.6 Å². The molecule has 1 atom stereocenters. The minimum atomic E-state index is -0.990. The van der Waals surface area contributed by atoms with Crippen molar-refractivity contribution in [3.8, 4) is 5.75 Å². The summed E-state index contributed by atoms with van der Waals surface area (Å²) in [4.78, 5) is 36.3. The van der Waals surface area contributed by atoms with Crippen molar-refractivity contribution >= 4 is 29.5 Å². The van der Waals surface area contributed by atoms with Crippen LogP contribution in [-0.2, 0) is 14.3 Å². The van der Waals surface area contributed by atoms with E-state index in [2.05, 4.69) is 5.32 Å². The quantitative estimate of drug-likeness (QED) is 0.589. The van der Waals surface area contributed by atoms with Crippen LogP contribution in [0.25, 0.3) is 0 Å². The summed E-state index contributed by atoms with van der Waals surface area (Å²) in [5.74, 6) is -0.341. The summed E-state index contributed by atoms with van der Waals surface area (Å²) in [6, 6.07) is 4.87. The molecule has 0 bridgehead atoms. The van der Waals surface area contributed by atoms with E-state index in [-0.39, 0.29) is 13.0 Å². The van der Waals surface area contributed by atoms with Gasteiger partial charge in [0, 0.05) is 24.5 Å². The van der Waals surface area contributed by atoms with Crippen molar-refractivity contribution in [2.75, 3.05) is 19.7 Å². The van der Waals surface area contributed by atoms with Gasteiger partial charge in [-0.3, -0.25) is 14.5 Å². The largest absolute Gasteiger partial charge is 0.494 e. The number of amides is 3. The minimum Gasteiger partial charge on any atom is -0.494 e. The van der Waals surface area contributed by atoms with E-state index in [1.165, 1.54) is 6.92 Å². The van der Waals surface area contributed by atoms with Crippen LogP contribution in [-0.4, -0.2) is 48.6 Å². The molecular formula is C17H21ClN2O5. The number of rotatable bonds is 7. The molecule has 1 fully saturated rings. The fourth-order valence-electron chi connectivity index (χ4n) is 2.32. The van der Waals surface area contributed by atoms with Crippen molar-refractivity contribution in [2.45, 2.75) is 32.8 Å². The number of imide groups is 1. The molecule has 3 amide bonds. The van der Waals surface area contributed by atoms with Crippen LogP contribution in [0.3, 0.4) is 0 Å². The Kier molecular flexibility index (Phi) is 6.64. The van der Waals surface area contributed by atoms with Crippen molar-refractivity contribution in [1.82, 2.24) is 10.2 Å². The van der Waals surface area contributed by atoms with Crippen molar-refractivity contribution in [2.24, 2.45) is 0 Å². The van der Waals surface area contributed by atoms with E-state index in [0.717, 1.165) is 10.5 Å². The third kappa shape index (κ3) is 5.35. The summed E-state index contributed by atoms with van der Waals surface area (Å²) >= 11 is 5.94. The molecule has 1 N–H and O–H groups in total. The number of carbonyl (C=O) groups excluding carboxylic acids is 3. The van der Waals surface area contributed by atoms with Gasteiger partial charge in [-0.1, -0.05) is 11.6 Å². The number of nitrogens with zero attached hydrogens (tertiary/aromatic N) is 1. The Morgan fingerprint density at radius 1 is 1.40 bits per heavy atom. The Labute approximate surface area is 151 Å². The van der Waals surface area contributed by atoms with E-state index in [9.17, 15) is 14.4 Å². The zero-order valence-electron chi connectivity index (χ0n) is 14.2. The molecule has 25 heavy (non-hydrogen) atoms. The van der Waals surface area contributed by atoms with Gasteiger partial charge in [-0.15, -0.1) is 0 Å². The van der Waals surface area contributed by atoms with E-state index in [1.54, 1.807) is 12.1 Å². The number of aryl methyl sites for hydroxylation is 1. The maximum absolute atomic E-state index is 12.0. The normalized spacial score (nSPS) is 14.8. The molecule has 8 heteroatoms. The molecule has 0 radical (unpaired) electrons. The van der Waals surface area contributed by atoms with Gasteiger partial charge in [-0.05, 0) is 44.0 Å². The van der Waals surface area contributed by atoms with Gasteiger partial charge in [0.2, 0.25) is 0 Å². The molecule has 136 valence electrons. The number of esters is 1. The first-order valence-electron chi connectivity index (χ1n) is 8.06. The number of hydrogen-bond acceptors (Lipinski definition) is 5. The van der Waals surface area contributed by atoms with Gasteiger partial charge in [-0.2, -0.15) is 0 Å². The third-order valence-corrected chi connectivity index (χ3v) is 4.13. The van der Waals surface area contributed by atoms with E-state index in [4.69, 9.17) is 21.1 Å². The Hall–Kier alpha value is -2.28. The number of halogens is 1. The molecule has 1 aliphatic heterocycles. The zero-order valence-corrected chi connectivity index (χ0v) is 15.0. The van der Waals surface area contributed by atoms with Gasteiger partial charge < -0.3 is 14.8 Å². The molecule has 1 saturated heterocycles.